The molecule has 1 aliphatic rings. The van der Waals surface area contributed by atoms with Crippen LogP contribution in [0.2, 0.25) is 0 Å². The molecule has 3 aromatic rings. The van der Waals surface area contributed by atoms with Crippen molar-refractivity contribution >= 4 is 16.3 Å². The minimum absolute atomic E-state index is 0.112. The average Bonchev–Trinajstić information content (AvgIpc) is 3.41. The van der Waals surface area contributed by atoms with Crippen LogP contribution in [0.5, 0.6) is 23.1 Å². The zero-order chi connectivity index (χ0) is 19.8. The Bertz CT molecular complexity index is 994. The maximum Gasteiger partial charge on any atom is 0.230 e. The van der Waals surface area contributed by atoms with Gasteiger partial charge in [0.25, 0.3) is 0 Å². The highest BCUT2D eigenvalue weighted by molar-refractivity contribution is 7.17. The molecule has 0 aliphatic carbocycles. The van der Waals surface area contributed by atoms with Crippen LogP contribution in [0, 0.1) is 6.92 Å². The maximum atomic E-state index is 11.0. The van der Waals surface area contributed by atoms with Crippen LogP contribution in [0.25, 0.3) is 4.96 Å². The number of thiazole rings is 1. The van der Waals surface area contributed by atoms with Gasteiger partial charge in [0.2, 0.25) is 10.8 Å². The summed E-state index contributed by atoms with van der Waals surface area (Å²) >= 11 is 1.44. The van der Waals surface area contributed by atoms with E-state index >= 15 is 0 Å². The Hall–Kier alpha value is -2.52. The molecule has 9 heteroatoms. The number of aryl methyl sites for hydroxylation is 1. The summed E-state index contributed by atoms with van der Waals surface area (Å²) in [7, 11) is 4.86. The summed E-state index contributed by atoms with van der Waals surface area (Å²) in [4.78, 5) is 8.21. The molecule has 1 aromatic carbocycles. The van der Waals surface area contributed by atoms with Crippen molar-refractivity contribution in [2.24, 2.45) is 0 Å². The van der Waals surface area contributed by atoms with E-state index in [-0.39, 0.29) is 11.9 Å². The molecule has 4 rings (SSSR count). The fourth-order valence-corrected chi connectivity index (χ4v) is 4.97. The summed E-state index contributed by atoms with van der Waals surface area (Å²) in [6, 6.07) is 3.54. The van der Waals surface area contributed by atoms with Crippen molar-refractivity contribution in [3.8, 4) is 23.1 Å². The topological polar surface area (TPSA) is 81.3 Å². The summed E-state index contributed by atoms with van der Waals surface area (Å²) in [5.41, 5.74) is 0.886. The van der Waals surface area contributed by atoms with E-state index in [1.54, 1.807) is 27.4 Å². The second-order valence-corrected chi connectivity index (χ2v) is 7.75. The number of rotatable bonds is 6. The molecule has 1 saturated heterocycles. The molecular weight excluding hydrogens is 380 g/mol. The van der Waals surface area contributed by atoms with Gasteiger partial charge < -0.3 is 19.3 Å². The maximum absolute atomic E-state index is 11.0. The zero-order valence-corrected chi connectivity index (χ0v) is 17.2. The molecule has 0 saturated carbocycles. The van der Waals surface area contributed by atoms with E-state index in [0.29, 0.717) is 28.0 Å². The predicted molar refractivity (Wildman–Crippen MR) is 106 cm³/mol. The number of likely N-dealkylation sites (tertiary alicyclic amines) is 1. The van der Waals surface area contributed by atoms with Gasteiger partial charge >= 0.3 is 0 Å². The molecule has 0 spiro atoms. The van der Waals surface area contributed by atoms with Gasteiger partial charge in [0, 0.05) is 11.6 Å². The Kier molecular flexibility index (Phi) is 5.03. The molecule has 1 unspecified atom stereocenters. The average molecular weight is 404 g/mol. The molecule has 1 fully saturated rings. The van der Waals surface area contributed by atoms with Gasteiger partial charge in [-0.05, 0) is 38.9 Å². The van der Waals surface area contributed by atoms with Gasteiger partial charge in [-0.3, -0.25) is 4.90 Å². The van der Waals surface area contributed by atoms with E-state index in [9.17, 15) is 5.11 Å². The molecule has 1 N–H and O–H groups in total. The van der Waals surface area contributed by atoms with Crippen LogP contribution >= 0.6 is 11.3 Å². The number of fused-ring (bicyclic) bond motifs is 1. The molecule has 1 atom stereocenters. The Labute approximate surface area is 167 Å². The van der Waals surface area contributed by atoms with Gasteiger partial charge in [-0.25, -0.2) is 4.98 Å². The highest BCUT2D eigenvalue weighted by Gasteiger charge is 2.34. The number of hydrogen-bond donors (Lipinski definition) is 1. The second-order valence-electron chi connectivity index (χ2n) is 6.74. The molecule has 0 radical (unpaired) electrons. The van der Waals surface area contributed by atoms with Crippen LogP contribution in [0.15, 0.2) is 12.1 Å². The van der Waals surface area contributed by atoms with Gasteiger partial charge in [0.15, 0.2) is 11.5 Å². The minimum atomic E-state index is -0.213. The van der Waals surface area contributed by atoms with Crippen molar-refractivity contribution in [1.82, 2.24) is 19.5 Å². The van der Waals surface area contributed by atoms with E-state index in [2.05, 4.69) is 15.0 Å². The molecule has 150 valence electrons. The third kappa shape index (κ3) is 3.04. The summed E-state index contributed by atoms with van der Waals surface area (Å²) in [6.45, 7) is 3.67. The lowest BCUT2D eigenvalue weighted by Crippen LogP contribution is -2.26. The highest BCUT2D eigenvalue weighted by atomic mass is 32.1. The summed E-state index contributed by atoms with van der Waals surface area (Å²) in [5, 5.41) is 15.3. The first-order valence-electron chi connectivity index (χ1n) is 9.16. The molecule has 0 bridgehead atoms. The van der Waals surface area contributed by atoms with Crippen LogP contribution in [0.1, 0.15) is 35.1 Å². The van der Waals surface area contributed by atoms with E-state index < -0.39 is 0 Å². The smallest absolute Gasteiger partial charge is 0.230 e. The lowest BCUT2D eigenvalue weighted by Gasteiger charge is -2.29. The fraction of sp³-hybridized carbons (Fsp3) is 0.474. The highest BCUT2D eigenvalue weighted by Crippen LogP contribution is 2.47. The molecular formula is C19H24N4O4S. The Morgan fingerprint density at radius 1 is 1.11 bits per heavy atom. The van der Waals surface area contributed by atoms with Gasteiger partial charge in [0.1, 0.15) is 11.6 Å². The van der Waals surface area contributed by atoms with E-state index in [0.717, 1.165) is 36.4 Å². The quantitative estimate of drug-likeness (QED) is 0.676. The lowest BCUT2D eigenvalue weighted by molar-refractivity contribution is 0.265. The monoisotopic (exact) mass is 404 g/mol. The molecule has 1 aliphatic heterocycles. The fourth-order valence-electron chi connectivity index (χ4n) is 3.82. The Balaban J connectivity index is 1.94. The number of methoxy groups -OCH3 is 3. The van der Waals surface area contributed by atoms with Crippen molar-refractivity contribution in [3.63, 3.8) is 0 Å². The minimum Gasteiger partial charge on any atom is -0.497 e. The van der Waals surface area contributed by atoms with E-state index in [4.69, 9.17) is 14.2 Å². The van der Waals surface area contributed by atoms with E-state index in [1.807, 2.05) is 13.0 Å². The van der Waals surface area contributed by atoms with Gasteiger partial charge in [-0.1, -0.05) is 11.3 Å². The molecule has 28 heavy (non-hydrogen) atoms. The van der Waals surface area contributed by atoms with Gasteiger partial charge in [-0.15, -0.1) is 5.10 Å². The number of nitrogens with zero attached hydrogens (tertiary/aromatic N) is 4. The van der Waals surface area contributed by atoms with Crippen molar-refractivity contribution in [2.75, 3.05) is 34.4 Å². The van der Waals surface area contributed by atoms with Crippen molar-refractivity contribution in [2.45, 2.75) is 25.8 Å². The van der Waals surface area contributed by atoms with Gasteiger partial charge in [-0.2, -0.15) is 4.52 Å². The summed E-state index contributed by atoms with van der Waals surface area (Å²) < 4.78 is 18.3. The molecule has 2 aromatic heterocycles. The molecule has 0 amide bonds. The van der Waals surface area contributed by atoms with Gasteiger partial charge in [0.05, 0.1) is 32.2 Å². The zero-order valence-electron chi connectivity index (χ0n) is 16.4. The first kappa shape index (κ1) is 18.8. The van der Waals surface area contributed by atoms with Crippen LogP contribution in [0.4, 0.5) is 0 Å². The summed E-state index contributed by atoms with van der Waals surface area (Å²) in [6.07, 6.45) is 2.22. The third-order valence-electron chi connectivity index (χ3n) is 5.07. The van der Waals surface area contributed by atoms with Crippen molar-refractivity contribution < 1.29 is 19.3 Å². The first-order valence-corrected chi connectivity index (χ1v) is 9.98. The van der Waals surface area contributed by atoms with Crippen LogP contribution in [-0.4, -0.2) is 59.0 Å². The Morgan fingerprint density at radius 3 is 2.46 bits per heavy atom. The third-order valence-corrected chi connectivity index (χ3v) is 6.14. The number of benzene rings is 1. The van der Waals surface area contributed by atoms with Crippen molar-refractivity contribution in [1.29, 1.82) is 0 Å². The molecule has 8 nitrogen and oxygen atoms in total. The number of aromatic hydroxyl groups is 1. The van der Waals surface area contributed by atoms with E-state index in [1.165, 1.54) is 15.9 Å². The SMILES string of the molecule is COc1cc(OC)c(OC)c(C(c2sc3nc(C)nn3c2O)N2CCCC2)c1. The normalized spacial score (nSPS) is 15.9. The standard InChI is InChI=1S/C19H24N4O4S/c1-11-20-19-23(21-11)18(24)17(28-19)15(22-7-5-6-8-22)13-9-12(25-2)10-14(26-3)16(13)27-4/h9-10,15,24H,5-8H2,1-4H3. The summed E-state index contributed by atoms with van der Waals surface area (Å²) in [5.74, 6) is 2.64. The second kappa shape index (κ2) is 7.48. The van der Waals surface area contributed by atoms with Crippen LogP contribution in [-0.2, 0) is 0 Å². The largest absolute Gasteiger partial charge is 0.497 e. The number of aromatic nitrogens is 3. The molecule has 3 heterocycles. The van der Waals surface area contributed by atoms with Crippen molar-refractivity contribution in [3.05, 3.63) is 28.4 Å². The Morgan fingerprint density at radius 2 is 1.86 bits per heavy atom. The number of ether oxygens (including phenoxy) is 3. The lowest BCUT2D eigenvalue weighted by atomic mass is 10.0. The van der Waals surface area contributed by atoms with Crippen LogP contribution < -0.4 is 14.2 Å². The van der Waals surface area contributed by atoms with Crippen LogP contribution in [0.3, 0.4) is 0 Å². The predicted octanol–water partition coefficient (Wildman–Crippen LogP) is 3.02. The number of hydrogen-bond acceptors (Lipinski definition) is 8. The first-order chi connectivity index (χ1) is 13.6.